The lowest BCUT2D eigenvalue weighted by molar-refractivity contribution is 0.302. The van der Waals surface area contributed by atoms with Gasteiger partial charge in [-0.05, 0) is 12.5 Å². The van der Waals surface area contributed by atoms with Gasteiger partial charge in [0.2, 0.25) is 0 Å². The predicted molar refractivity (Wildman–Crippen MR) is 69.2 cm³/mol. The number of allylic oxidation sites excluding steroid dienone is 1. The molecule has 0 saturated heterocycles. The van der Waals surface area contributed by atoms with E-state index in [4.69, 9.17) is 5.11 Å². The van der Waals surface area contributed by atoms with Crippen LogP contribution < -0.4 is 5.19 Å². The highest BCUT2D eigenvalue weighted by Crippen LogP contribution is 2.10. The Bertz CT molecular complexity index is 304. The van der Waals surface area contributed by atoms with Crippen LogP contribution in [0.2, 0.25) is 19.1 Å². The minimum Gasteiger partial charge on any atom is -0.396 e. The van der Waals surface area contributed by atoms with Gasteiger partial charge in [-0.15, -0.1) is 0 Å². The number of benzene rings is 1. The third-order valence-corrected chi connectivity index (χ3v) is 5.80. The van der Waals surface area contributed by atoms with Crippen molar-refractivity contribution in [1.82, 2.24) is 0 Å². The molecule has 0 unspecified atom stereocenters. The zero-order valence-electron chi connectivity index (χ0n) is 9.61. The van der Waals surface area contributed by atoms with Gasteiger partial charge in [0.25, 0.3) is 0 Å². The molecular weight excluding hydrogens is 200 g/mol. The topological polar surface area (TPSA) is 20.2 Å². The minimum absolute atomic E-state index is 0.254. The highest BCUT2D eigenvalue weighted by Gasteiger charge is 2.20. The molecule has 0 aliphatic heterocycles. The first-order chi connectivity index (χ1) is 7.17. The summed E-state index contributed by atoms with van der Waals surface area (Å²) >= 11 is 0. The standard InChI is InChI=1S/C13H20OSi/c1-15(2,12-8-4-7-11-14)13-9-5-3-6-10-13/h3-6,8-10,14H,7,11-12H2,1-2H3/b8-4-. The van der Waals surface area contributed by atoms with E-state index in [2.05, 4.69) is 55.6 Å². The Kier molecular flexibility index (Phi) is 4.79. The van der Waals surface area contributed by atoms with Gasteiger partial charge >= 0.3 is 0 Å². The Morgan fingerprint density at radius 3 is 2.40 bits per heavy atom. The van der Waals surface area contributed by atoms with E-state index in [9.17, 15) is 0 Å². The molecule has 0 radical (unpaired) electrons. The van der Waals surface area contributed by atoms with E-state index in [1.807, 2.05) is 0 Å². The zero-order valence-corrected chi connectivity index (χ0v) is 10.6. The van der Waals surface area contributed by atoms with Crippen LogP contribution in [0.5, 0.6) is 0 Å². The van der Waals surface area contributed by atoms with Crippen molar-refractivity contribution >= 4 is 13.3 Å². The second-order valence-electron chi connectivity index (χ2n) is 4.44. The van der Waals surface area contributed by atoms with Crippen molar-refractivity contribution < 1.29 is 5.11 Å². The van der Waals surface area contributed by atoms with Crippen molar-refractivity contribution in [3.8, 4) is 0 Å². The van der Waals surface area contributed by atoms with Crippen LogP contribution in [0.4, 0.5) is 0 Å². The highest BCUT2D eigenvalue weighted by atomic mass is 28.3. The third-order valence-electron chi connectivity index (χ3n) is 2.65. The quantitative estimate of drug-likeness (QED) is 0.597. The number of aliphatic hydroxyl groups excluding tert-OH is 1. The SMILES string of the molecule is C[Si](C)(C/C=C\CCO)c1ccccc1. The summed E-state index contributed by atoms with van der Waals surface area (Å²) in [5.74, 6) is 0. The van der Waals surface area contributed by atoms with Gasteiger partial charge < -0.3 is 5.11 Å². The maximum absolute atomic E-state index is 8.67. The molecule has 0 aliphatic carbocycles. The minimum atomic E-state index is -1.30. The molecule has 82 valence electrons. The van der Waals surface area contributed by atoms with E-state index < -0.39 is 8.07 Å². The van der Waals surface area contributed by atoms with Gasteiger partial charge in [0.1, 0.15) is 0 Å². The Morgan fingerprint density at radius 2 is 1.80 bits per heavy atom. The van der Waals surface area contributed by atoms with Crippen LogP contribution in [0.3, 0.4) is 0 Å². The summed E-state index contributed by atoms with van der Waals surface area (Å²) in [5.41, 5.74) is 0. The van der Waals surface area contributed by atoms with Gasteiger partial charge in [-0.1, -0.05) is 60.8 Å². The first-order valence-corrected chi connectivity index (χ1v) is 8.69. The fraction of sp³-hybridized carbons (Fsp3) is 0.385. The molecule has 0 aliphatic rings. The molecule has 0 bridgehead atoms. The number of hydrogen-bond acceptors (Lipinski definition) is 1. The molecule has 1 N–H and O–H groups in total. The second kappa shape index (κ2) is 5.88. The molecular formula is C13H20OSi. The van der Waals surface area contributed by atoms with Crippen LogP contribution in [0.25, 0.3) is 0 Å². The fourth-order valence-electron chi connectivity index (χ4n) is 1.58. The van der Waals surface area contributed by atoms with E-state index in [0.717, 1.165) is 12.5 Å². The number of hydrogen-bond donors (Lipinski definition) is 1. The molecule has 0 fully saturated rings. The molecule has 0 amide bonds. The van der Waals surface area contributed by atoms with Gasteiger partial charge in [-0.25, -0.2) is 0 Å². The molecule has 1 aromatic carbocycles. The van der Waals surface area contributed by atoms with E-state index in [0.29, 0.717) is 0 Å². The molecule has 2 heteroatoms. The predicted octanol–water partition coefficient (Wildman–Crippen LogP) is 2.54. The first kappa shape index (κ1) is 12.2. The molecule has 0 atom stereocenters. The summed E-state index contributed by atoms with van der Waals surface area (Å²) in [6.45, 7) is 5.01. The summed E-state index contributed by atoms with van der Waals surface area (Å²) in [6, 6.07) is 11.9. The smallest absolute Gasteiger partial charge is 0.0843 e. The summed E-state index contributed by atoms with van der Waals surface area (Å²) < 4.78 is 0. The monoisotopic (exact) mass is 220 g/mol. The molecule has 0 heterocycles. The van der Waals surface area contributed by atoms with Gasteiger partial charge in [0.15, 0.2) is 0 Å². The number of aliphatic hydroxyl groups is 1. The fourth-order valence-corrected chi connectivity index (χ4v) is 3.66. The van der Waals surface area contributed by atoms with Crippen molar-refractivity contribution in [3.63, 3.8) is 0 Å². The molecule has 0 aromatic heterocycles. The third kappa shape index (κ3) is 4.02. The normalized spacial score (nSPS) is 12.2. The summed E-state index contributed by atoms with van der Waals surface area (Å²) in [7, 11) is -1.30. The van der Waals surface area contributed by atoms with Crippen LogP contribution >= 0.6 is 0 Å². The Labute approximate surface area is 93.5 Å². The van der Waals surface area contributed by atoms with Crippen LogP contribution in [0.15, 0.2) is 42.5 Å². The van der Waals surface area contributed by atoms with E-state index in [1.54, 1.807) is 0 Å². The van der Waals surface area contributed by atoms with Crippen molar-refractivity contribution in [2.24, 2.45) is 0 Å². The largest absolute Gasteiger partial charge is 0.396 e. The first-order valence-electron chi connectivity index (χ1n) is 5.48. The van der Waals surface area contributed by atoms with E-state index in [1.165, 1.54) is 5.19 Å². The van der Waals surface area contributed by atoms with Crippen molar-refractivity contribution in [3.05, 3.63) is 42.5 Å². The molecule has 1 nitrogen and oxygen atoms in total. The highest BCUT2D eigenvalue weighted by molar-refractivity contribution is 6.90. The van der Waals surface area contributed by atoms with E-state index in [-0.39, 0.29) is 6.61 Å². The maximum Gasteiger partial charge on any atom is 0.0843 e. The zero-order chi connectivity index (χ0) is 11.1. The summed E-state index contributed by atoms with van der Waals surface area (Å²) in [6.07, 6.45) is 5.08. The second-order valence-corrected chi connectivity index (χ2v) is 9.19. The summed E-state index contributed by atoms with van der Waals surface area (Å²) in [4.78, 5) is 0. The van der Waals surface area contributed by atoms with Crippen molar-refractivity contribution in [1.29, 1.82) is 0 Å². The molecule has 1 rings (SSSR count). The van der Waals surface area contributed by atoms with Crippen LogP contribution in [-0.4, -0.2) is 19.8 Å². The van der Waals surface area contributed by atoms with E-state index >= 15 is 0 Å². The Morgan fingerprint density at radius 1 is 1.13 bits per heavy atom. The Hall–Kier alpha value is -0.863. The maximum atomic E-state index is 8.67. The van der Waals surface area contributed by atoms with Crippen molar-refractivity contribution in [2.45, 2.75) is 25.6 Å². The van der Waals surface area contributed by atoms with Crippen LogP contribution in [0, 0.1) is 0 Å². The van der Waals surface area contributed by atoms with Crippen molar-refractivity contribution in [2.75, 3.05) is 6.61 Å². The molecule has 15 heavy (non-hydrogen) atoms. The number of rotatable bonds is 5. The van der Waals surface area contributed by atoms with Gasteiger partial charge in [-0.2, -0.15) is 0 Å². The Balaban J connectivity index is 2.59. The lowest BCUT2D eigenvalue weighted by Crippen LogP contribution is -2.40. The molecule has 0 saturated carbocycles. The molecule has 0 spiro atoms. The van der Waals surface area contributed by atoms with Crippen LogP contribution in [-0.2, 0) is 0 Å². The average molecular weight is 220 g/mol. The molecule has 1 aromatic rings. The summed E-state index contributed by atoms with van der Waals surface area (Å²) in [5, 5.41) is 10.2. The van der Waals surface area contributed by atoms with Gasteiger partial charge in [-0.3, -0.25) is 0 Å². The average Bonchev–Trinajstić information content (AvgIpc) is 2.26. The van der Waals surface area contributed by atoms with Crippen LogP contribution in [0.1, 0.15) is 6.42 Å². The lowest BCUT2D eigenvalue weighted by atomic mass is 10.4. The van der Waals surface area contributed by atoms with Gasteiger partial charge in [0.05, 0.1) is 8.07 Å². The lowest BCUT2D eigenvalue weighted by Gasteiger charge is -2.20. The van der Waals surface area contributed by atoms with Gasteiger partial charge in [0, 0.05) is 6.61 Å².